The number of benzene rings is 1. The molecule has 1 aromatic carbocycles. The van der Waals surface area contributed by atoms with Gasteiger partial charge < -0.3 is 16.0 Å². The van der Waals surface area contributed by atoms with E-state index in [0.717, 1.165) is 24.2 Å². The molecule has 0 saturated carbocycles. The van der Waals surface area contributed by atoms with Crippen LogP contribution in [-0.4, -0.2) is 41.0 Å². The zero-order valence-electron chi connectivity index (χ0n) is 14.7. The summed E-state index contributed by atoms with van der Waals surface area (Å²) < 4.78 is 0. The lowest BCUT2D eigenvalue weighted by molar-refractivity contribution is -0.123. The highest BCUT2D eigenvalue weighted by Crippen LogP contribution is 2.28. The van der Waals surface area contributed by atoms with Crippen molar-refractivity contribution in [1.82, 2.24) is 15.3 Å². The van der Waals surface area contributed by atoms with Gasteiger partial charge in [-0.15, -0.1) is 0 Å². The maximum absolute atomic E-state index is 12.0. The molecule has 0 radical (unpaired) electrons. The summed E-state index contributed by atoms with van der Waals surface area (Å²) >= 11 is 0. The number of carbonyl (C=O) groups excluding carboxylic acids is 1. The predicted octanol–water partition coefficient (Wildman–Crippen LogP) is 1.45. The standard InChI is InChI=1S/C19H22N6O/c1-2-16(21)19(26)24-15-6-9-25(12-15)17-5-4-13(10-14(17)11-20)18-22-7-3-8-23-18/h3-5,7-8,10,15-16H,2,6,9,12,21H2,1H3,(H,24,26)/t15-,16-/m0/s1. The van der Waals surface area contributed by atoms with Crippen molar-refractivity contribution in [1.29, 1.82) is 5.26 Å². The minimum absolute atomic E-state index is 0.0452. The van der Waals surface area contributed by atoms with E-state index in [1.54, 1.807) is 18.5 Å². The zero-order chi connectivity index (χ0) is 18.5. The first-order chi connectivity index (χ1) is 12.6. The Bertz CT molecular complexity index is 817. The van der Waals surface area contributed by atoms with E-state index in [-0.39, 0.29) is 11.9 Å². The lowest BCUT2D eigenvalue weighted by atomic mass is 10.1. The van der Waals surface area contributed by atoms with E-state index >= 15 is 0 Å². The smallest absolute Gasteiger partial charge is 0.237 e. The highest BCUT2D eigenvalue weighted by molar-refractivity contribution is 5.81. The molecule has 0 unspecified atom stereocenters. The number of nitrogens with zero attached hydrogens (tertiary/aromatic N) is 4. The summed E-state index contributed by atoms with van der Waals surface area (Å²) in [7, 11) is 0. The number of nitriles is 1. The topological polar surface area (TPSA) is 108 Å². The molecule has 0 aliphatic carbocycles. The first-order valence-electron chi connectivity index (χ1n) is 8.74. The van der Waals surface area contributed by atoms with Crippen molar-refractivity contribution in [3.63, 3.8) is 0 Å². The van der Waals surface area contributed by atoms with Crippen molar-refractivity contribution >= 4 is 11.6 Å². The van der Waals surface area contributed by atoms with Crippen LogP contribution in [0, 0.1) is 11.3 Å². The van der Waals surface area contributed by atoms with Gasteiger partial charge in [0.05, 0.1) is 17.3 Å². The Labute approximate surface area is 152 Å². The van der Waals surface area contributed by atoms with Crippen LogP contribution < -0.4 is 16.0 Å². The first kappa shape index (κ1) is 17.8. The molecule has 0 spiro atoms. The molecule has 1 aromatic heterocycles. The second kappa shape index (κ2) is 7.93. The van der Waals surface area contributed by atoms with Gasteiger partial charge in [0, 0.05) is 37.1 Å². The van der Waals surface area contributed by atoms with Gasteiger partial charge in [0.2, 0.25) is 5.91 Å². The highest BCUT2D eigenvalue weighted by atomic mass is 16.2. The second-order valence-corrected chi connectivity index (χ2v) is 6.37. The fraction of sp³-hybridized carbons (Fsp3) is 0.368. The molecular formula is C19H22N6O. The van der Waals surface area contributed by atoms with E-state index in [2.05, 4.69) is 26.3 Å². The van der Waals surface area contributed by atoms with Gasteiger partial charge in [0.15, 0.2) is 5.82 Å². The van der Waals surface area contributed by atoms with Crippen LogP contribution in [0.5, 0.6) is 0 Å². The molecule has 7 nitrogen and oxygen atoms in total. The number of rotatable bonds is 5. The summed E-state index contributed by atoms with van der Waals surface area (Å²) in [6.07, 6.45) is 4.80. The van der Waals surface area contributed by atoms with E-state index < -0.39 is 6.04 Å². The van der Waals surface area contributed by atoms with Crippen molar-refractivity contribution in [2.24, 2.45) is 5.73 Å². The fourth-order valence-corrected chi connectivity index (χ4v) is 3.08. The monoisotopic (exact) mass is 350 g/mol. The maximum atomic E-state index is 12.0. The number of amides is 1. The number of anilines is 1. The fourth-order valence-electron chi connectivity index (χ4n) is 3.08. The third-order valence-electron chi connectivity index (χ3n) is 4.59. The summed E-state index contributed by atoms with van der Waals surface area (Å²) in [5.41, 5.74) is 8.03. The summed E-state index contributed by atoms with van der Waals surface area (Å²) in [6.45, 7) is 3.34. The molecule has 134 valence electrons. The SMILES string of the molecule is CC[C@H](N)C(=O)N[C@H]1CCN(c2ccc(-c3ncccn3)cc2C#N)C1. The Kier molecular flexibility index (Phi) is 5.44. The van der Waals surface area contributed by atoms with Gasteiger partial charge >= 0.3 is 0 Å². The Morgan fingerprint density at radius 2 is 2.23 bits per heavy atom. The number of nitrogens with two attached hydrogens (primary N) is 1. The summed E-state index contributed by atoms with van der Waals surface area (Å²) in [4.78, 5) is 22.6. The normalized spacial score (nSPS) is 17.6. The van der Waals surface area contributed by atoms with Crippen molar-refractivity contribution in [3.8, 4) is 17.5 Å². The van der Waals surface area contributed by atoms with Gasteiger partial charge in [-0.05, 0) is 37.1 Å². The minimum atomic E-state index is -0.469. The van der Waals surface area contributed by atoms with Crippen LogP contribution in [0.15, 0.2) is 36.7 Å². The van der Waals surface area contributed by atoms with Crippen LogP contribution in [0.2, 0.25) is 0 Å². The summed E-state index contributed by atoms with van der Waals surface area (Å²) in [5, 5.41) is 12.6. The first-order valence-corrected chi connectivity index (χ1v) is 8.74. The number of hydrogen-bond donors (Lipinski definition) is 2. The van der Waals surface area contributed by atoms with Gasteiger partial charge in [-0.25, -0.2) is 9.97 Å². The van der Waals surface area contributed by atoms with Crippen molar-refractivity contribution in [2.45, 2.75) is 31.8 Å². The van der Waals surface area contributed by atoms with Crippen LogP contribution in [0.25, 0.3) is 11.4 Å². The number of nitrogens with one attached hydrogen (secondary N) is 1. The van der Waals surface area contributed by atoms with Crippen molar-refractivity contribution in [3.05, 3.63) is 42.2 Å². The lowest BCUT2D eigenvalue weighted by Crippen LogP contribution is -2.46. The number of aromatic nitrogens is 2. The third-order valence-corrected chi connectivity index (χ3v) is 4.59. The Morgan fingerprint density at radius 1 is 1.46 bits per heavy atom. The van der Waals surface area contributed by atoms with E-state index in [1.807, 2.05) is 25.1 Å². The van der Waals surface area contributed by atoms with Gasteiger partial charge in [-0.1, -0.05) is 6.92 Å². The molecule has 1 fully saturated rings. The van der Waals surface area contributed by atoms with E-state index in [0.29, 0.717) is 24.4 Å². The van der Waals surface area contributed by atoms with E-state index in [4.69, 9.17) is 5.73 Å². The maximum Gasteiger partial charge on any atom is 0.237 e. The lowest BCUT2D eigenvalue weighted by Gasteiger charge is -2.21. The molecule has 3 rings (SSSR count). The highest BCUT2D eigenvalue weighted by Gasteiger charge is 2.27. The van der Waals surface area contributed by atoms with E-state index in [9.17, 15) is 10.1 Å². The van der Waals surface area contributed by atoms with Gasteiger partial charge in [-0.2, -0.15) is 5.26 Å². The third kappa shape index (κ3) is 3.81. The summed E-state index contributed by atoms with van der Waals surface area (Å²) in [6, 6.07) is 9.25. The molecule has 1 saturated heterocycles. The van der Waals surface area contributed by atoms with Gasteiger partial charge in [0.1, 0.15) is 6.07 Å². The molecule has 7 heteroatoms. The molecule has 1 aliphatic heterocycles. The Hall–Kier alpha value is -2.98. The van der Waals surface area contributed by atoms with Crippen molar-refractivity contribution < 1.29 is 4.79 Å². The second-order valence-electron chi connectivity index (χ2n) is 6.37. The molecule has 2 atom stereocenters. The van der Waals surface area contributed by atoms with Crippen LogP contribution in [-0.2, 0) is 4.79 Å². The van der Waals surface area contributed by atoms with Crippen molar-refractivity contribution in [2.75, 3.05) is 18.0 Å². The van der Waals surface area contributed by atoms with Crippen LogP contribution in [0.4, 0.5) is 5.69 Å². The number of carbonyl (C=O) groups is 1. The van der Waals surface area contributed by atoms with Crippen LogP contribution in [0.1, 0.15) is 25.3 Å². The van der Waals surface area contributed by atoms with Gasteiger partial charge in [-0.3, -0.25) is 4.79 Å². The minimum Gasteiger partial charge on any atom is -0.368 e. The Balaban J connectivity index is 1.74. The Morgan fingerprint density at radius 3 is 2.92 bits per heavy atom. The molecule has 1 aliphatic rings. The number of hydrogen-bond acceptors (Lipinski definition) is 6. The molecule has 26 heavy (non-hydrogen) atoms. The average Bonchev–Trinajstić information content (AvgIpc) is 3.15. The van der Waals surface area contributed by atoms with Gasteiger partial charge in [0.25, 0.3) is 0 Å². The molecular weight excluding hydrogens is 328 g/mol. The molecule has 0 bridgehead atoms. The van der Waals surface area contributed by atoms with E-state index in [1.165, 1.54) is 0 Å². The zero-order valence-corrected chi connectivity index (χ0v) is 14.7. The van der Waals surface area contributed by atoms with Crippen LogP contribution >= 0.6 is 0 Å². The predicted molar refractivity (Wildman–Crippen MR) is 99.2 cm³/mol. The molecule has 1 amide bonds. The molecule has 2 aromatic rings. The quantitative estimate of drug-likeness (QED) is 0.845. The average molecular weight is 350 g/mol. The van der Waals surface area contributed by atoms with Crippen LogP contribution in [0.3, 0.4) is 0 Å². The molecule has 2 heterocycles. The largest absolute Gasteiger partial charge is 0.368 e. The summed E-state index contributed by atoms with van der Waals surface area (Å²) in [5.74, 6) is 0.479. The molecule has 3 N–H and O–H groups in total.